The van der Waals surface area contributed by atoms with Crippen LogP contribution in [0.2, 0.25) is 0 Å². The third-order valence-corrected chi connectivity index (χ3v) is 7.33. The van der Waals surface area contributed by atoms with E-state index in [0.717, 1.165) is 17.4 Å². The number of nitrogens with zero attached hydrogens (tertiary/aromatic N) is 3. The van der Waals surface area contributed by atoms with E-state index in [0.29, 0.717) is 0 Å². The van der Waals surface area contributed by atoms with Crippen molar-refractivity contribution < 1.29 is 0 Å². The van der Waals surface area contributed by atoms with Gasteiger partial charge in [0, 0.05) is 31.0 Å². The molecule has 1 N–H and O–H groups in total. The molecule has 3 heterocycles. The van der Waals surface area contributed by atoms with Crippen molar-refractivity contribution in [1.29, 1.82) is 0 Å². The van der Waals surface area contributed by atoms with E-state index in [2.05, 4.69) is 109 Å². The second kappa shape index (κ2) is 8.31. The average molecular weight is 455 g/mol. The number of likely N-dealkylation sites (N-methyl/N-ethyl adjacent to an activating group) is 1. The van der Waals surface area contributed by atoms with Crippen molar-refractivity contribution in [2.75, 3.05) is 11.9 Å². The Hall–Kier alpha value is -3.18. The van der Waals surface area contributed by atoms with Crippen LogP contribution in [0.15, 0.2) is 79.0 Å². The fourth-order valence-corrected chi connectivity index (χ4v) is 5.39. The standard InChI is InChI=1S/C28H30N4S/c1-19-17-28(2,3)31(4)24-14-13-21(16-22(19)24)26-25(23-12-8-9-15-29-23)30-27(33)32(26)18-20-10-6-5-7-11-20/h5-17,25-26H,18H2,1-4H3,(H,30,33)/t25-,26+/m1/s1. The van der Waals surface area contributed by atoms with Gasteiger partial charge in [-0.1, -0.05) is 48.5 Å². The van der Waals surface area contributed by atoms with Crippen molar-refractivity contribution in [3.05, 3.63) is 101 Å². The molecule has 33 heavy (non-hydrogen) atoms. The Morgan fingerprint density at radius 1 is 1.03 bits per heavy atom. The van der Waals surface area contributed by atoms with Crippen LogP contribution in [0, 0.1) is 0 Å². The third-order valence-electron chi connectivity index (χ3n) is 6.98. The highest BCUT2D eigenvalue weighted by molar-refractivity contribution is 7.80. The molecule has 5 heteroatoms. The first-order valence-electron chi connectivity index (χ1n) is 11.4. The van der Waals surface area contributed by atoms with Gasteiger partial charge in [0.2, 0.25) is 0 Å². The zero-order valence-electron chi connectivity index (χ0n) is 19.6. The fraction of sp³-hybridized carbons (Fsp3) is 0.286. The van der Waals surface area contributed by atoms with Crippen LogP contribution in [0.3, 0.4) is 0 Å². The second-order valence-electron chi connectivity index (χ2n) is 9.56. The SMILES string of the molecule is CC1=CC(C)(C)N(C)c2ccc([C@H]3[C@@H](c4ccccn4)NC(=S)N3Cc3ccccc3)cc21. The van der Waals surface area contributed by atoms with Gasteiger partial charge in [0.05, 0.1) is 23.3 Å². The maximum atomic E-state index is 5.85. The Bertz CT molecular complexity index is 1200. The van der Waals surface area contributed by atoms with Gasteiger partial charge in [0.25, 0.3) is 0 Å². The summed E-state index contributed by atoms with van der Waals surface area (Å²) >= 11 is 5.85. The molecule has 5 rings (SSSR count). The highest BCUT2D eigenvalue weighted by atomic mass is 32.1. The Morgan fingerprint density at radius 2 is 1.79 bits per heavy atom. The first kappa shape index (κ1) is 21.7. The summed E-state index contributed by atoms with van der Waals surface area (Å²) in [6, 6.07) is 23.5. The van der Waals surface area contributed by atoms with Gasteiger partial charge < -0.3 is 15.1 Å². The number of allylic oxidation sites excluding steroid dienone is 1. The molecule has 0 unspecified atom stereocenters. The minimum absolute atomic E-state index is 0.00901. The molecular weight excluding hydrogens is 424 g/mol. The number of aromatic nitrogens is 1. The monoisotopic (exact) mass is 454 g/mol. The Morgan fingerprint density at radius 3 is 2.52 bits per heavy atom. The van der Waals surface area contributed by atoms with E-state index in [1.807, 2.05) is 18.3 Å². The summed E-state index contributed by atoms with van der Waals surface area (Å²) in [7, 11) is 2.17. The van der Waals surface area contributed by atoms with E-state index in [1.165, 1.54) is 28.0 Å². The first-order valence-corrected chi connectivity index (χ1v) is 11.9. The van der Waals surface area contributed by atoms with Crippen molar-refractivity contribution in [1.82, 2.24) is 15.2 Å². The third kappa shape index (κ3) is 3.91. The van der Waals surface area contributed by atoms with E-state index in [1.54, 1.807) is 0 Å². The van der Waals surface area contributed by atoms with Crippen LogP contribution < -0.4 is 10.2 Å². The van der Waals surface area contributed by atoms with Crippen LogP contribution >= 0.6 is 12.2 Å². The minimum atomic E-state index is -0.0116. The lowest BCUT2D eigenvalue weighted by atomic mass is 9.86. The Kier molecular flexibility index (Phi) is 5.45. The lowest BCUT2D eigenvalue weighted by Gasteiger charge is -2.41. The van der Waals surface area contributed by atoms with Crippen molar-refractivity contribution in [2.45, 2.75) is 44.9 Å². The van der Waals surface area contributed by atoms with E-state index < -0.39 is 0 Å². The average Bonchev–Trinajstić information content (AvgIpc) is 3.14. The first-order chi connectivity index (χ1) is 15.8. The topological polar surface area (TPSA) is 31.4 Å². The smallest absolute Gasteiger partial charge is 0.170 e. The van der Waals surface area contributed by atoms with Gasteiger partial charge in [0.1, 0.15) is 0 Å². The highest BCUT2D eigenvalue weighted by Gasteiger charge is 2.40. The molecule has 0 bridgehead atoms. The number of fused-ring (bicyclic) bond motifs is 1. The van der Waals surface area contributed by atoms with E-state index in [-0.39, 0.29) is 17.6 Å². The van der Waals surface area contributed by atoms with Crippen LogP contribution in [0.25, 0.3) is 5.57 Å². The number of anilines is 1. The van der Waals surface area contributed by atoms with Crippen LogP contribution in [0.5, 0.6) is 0 Å². The Labute approximate surface area is 202 Å². The molecule has 1 fully saturated rings. The quantitative estimate of drug-likeness (QED) is 0.497. The number of benzene rings is 2. The highest BCUT2D eigenvalue weighted by Crippen LogP contribution is 2.44. The number of hydrogen-bond acceptors (Lipinski definition) is 3. The predicted octanol–water partition coefficient (Wildman–Crippen LogP) is 5.89. The molecule has 2 aliphatic rings. The lowest BCUT2D eigenvalue weighted by molar-refractivity contribution is 0.311. The van der Waals surface area contributed by atoms with E-state index >= 15 is 0 Å². The molecule has 2 aliphatic heterocycles. The second-order valence-corrected chi connectivity index (χ2v) is 9.94. The minimum Gasteiger partial charge on any atom is -0.366 e. The predicted molar refractivity (Wildman–Crippen MR) is 140 cm³/mol. The van der Waals surface area contributed by atoms with Crippen molar-refractivity contribution in [3.8, 4) is 0 Å². The van der Waals surface area contributed by atoms with Gasteiger partial charge >= 0.3 is 0 Å². The number of hydrogen-bond donors (Lipinski definition) is 1. The molecule has 0 spiro atoms. The Balaban J connectivity index is 1.60. The molecule has 2 atom stereocenters. The molecule has 0 aliphatic carbocycles. The number of pyridine rings is 1. The zero-order chi connectivity index (χ0) is 23.2. The van der Waals surface area contributed by atoms with Crippen molar-refractivity contribution in [3.63, 3.8) is 0 Å². The van der Waals surface area contributed by atoms with Gasteiger partial charge in [-0.2, -0.15) is 0 Å². The molecule has 0 saturated carbocycles. The van der Waals surface area contributed by atoms with E-state index in [4.69, 9.17) is 12.2 Å². The van der Waals surface area contributed by atoms with Crippen LogP contribution in [-0.2, 0) is 6.54 Å². The van der Waals surface area contributed by atoms with Gasteiger partial charge in [-0.05, 0) is 74.0 Å². The normalized spacial score (nSPS) is 21.5. The molecular formula is C28H30N4S. The summed E-state index contributed by atoms with van der Waals surface area (Å²) in [6.07, 6.45) is 4.21. The molecule has 0 radical (unpaired) electrons. The maximum absolute atomic E-state index is 5.85. The van der Waals surface area contributed by atoms with Gasteiger partial charge in [-0.25, -0.2) is 0 Å². The molecule has 2 aromatic carbocycles. The summed E-state index contributed by atoms with van der Waals surface area (Å²) in [4.78, 5) is 9.34. The summed E-state index contributed by atoms with van der Waals surface area (Å²) in [6.45, 7) is 7.48. The molecule has 3 aromatic rings. The van der Waals surface area contributed by atoms with Crippen LogP contribution in [0.4, 0.5) is 5.69 Å². The number of rotatable bonds is 4. The van der Waals surface area contributed by atoms with Gasteiger partial charge in [-0.3, -0.25) is 4.98 Å². The van der Waals surface area contributed by atoms with Crippen LogP contribution in [0.1, 0.15) is 55.2 Å². The summed E-state index contributed by atoms with van der Waals surface area (Å²) in [5.41, 5.74) is 7.34. The summed E-state index contributed by atoms with van der Waals surface area (Å²) in [5.74, 6) is 0. The molecule has 4 nitrogen and oxygen atoms in total. The van der Waals surface area contributed by atoms with Crippen molar-refractivity contribution >= 4 is 28.6 Å². The fourth-order valence-electron chi connectivity index (χ4n) is 5.08. The zero-order valence-corrected chi connectivity index (χ0v) is 20.4. The summed E-state index contributed by atoms with van der Waals surface area (Å²) < 4.78 is 0. The lowest BCUT2D eigenvalue weighted by Crippen LogP contribution is -2.42. The van der Waals surface area contributed by atoms with Crippen molar-refractivity contribution in [2.24, 2.45) is 0 Å². The largest absolute Gasteiger partial charge is 0.366 e. The molecule has 0 amide bonds. The number of thiocarbonyl (C=S) groups is 1. The summed E-state index contributed by atoms with van der Waals surface area (Å²) in [5, 5.41) is 4.34. The van der Waals surface area contributed by atoms with E-state index in [9.17, 15) is 0 Å². The maximum Gasteiger partial charge on any atom is 0.170 e. The van der Waals surface area contributed by atoms with Gasteiger partial charge in [-0.15, -0.1) is 0 Å². The number of nitrogens with one attached hydrogen (secondary N) is 1. The van der Waals surface area contributed by atoms with Crippen LogP contribution in [-0.4, -0.2) is 27.6 Å². The molecule has 1 aromatic heterocycles. The molecule has 1 saturated heterocycles. The van der Waals surface area contributed by atoms with Gasteiger partial charge in [0.15, 0.2) is 5.11 Å². The molecule has 168 valence electrons.